The van der Waals surface area contributed by atoms with Crippen LogP contribution in [0, 0.1) is 6.92 Å². The van der Waals surface area contributed by atoms with Gasteiger partial charge in [0.1, 0.15) is 12.7 Å². The zero-order valence-corrected chi connectivity index (χ0v) is 15.5. The number of benzene rings is 1. The molecule has 7 nitrogen and oxygen atoms in total. The number of piperidine rings is 1. The van der Waals surface area contributed by atoms with E-state index in [9.17, 15) is 4.79 Å². The average molecular weight is 364 g/mol. The van der Waals surface area contributed by atoms with Crippen molar-refractivity contribution in [2.24, 2.45) is 0 Å². The van der Waals surface area contributed by atoms with Crippen LogP contribution >= 0.6 is 0 Å². The lowest BCUT2D eigenvalue weighted by atomic mass is 9.88. The molecule has 1 saturated heterocycles. The summed E-state index contributed by atoms with van der Waals surface area (Å²) in [6.45, 7) is 4.34. The molecule has 0 radical (unpaired) electrons. The summed E-state index contributed by atoms with van der Waals surface area (Å²) < 4.78 is 1.84. The first-order valence-corrected chi connectivity index (χ1v) is 9.42. The molecule has 1 fully saturated rings. The fourth-order valence-electron chi connectivity index (χ4n) is 3.84. The first-order chi connectivity index (χ1) is 13.2. The smallest absolute Gasteiger partial charge is 0.224 e. The highest BCUT2D eigenvalue weighted by atomic mass is 16.2. The van der Waals surface area contributed by atoms with Crippen LogP contribution < -0.4 is 0 Å². The van der Waals surface area contributed by atoms with Crippen LogP contribution in [0.4, 0.5) is 0 Å². The molecule has 4 rings (SSSR count). The molecule has 1 aliphatic rings. The van der Waals surface area contributed by atoms with Crippen LogP contribution in [0.5, 0.6) is 0 Å². The summed E-state index contributed by atoms with van der Waals surface area (Å²) in [4.78, 5) is 14.4. The minimum absolute atomic E-state index is 0.200. The molecule has 0 spiro atoms. The van der Waals surface area contributed by atoms with Crippen LogP contribution in [-0.4, -0.2) is 48.9 Å². The zero-order chi connectivity index (χ0) is 18.6. The fourth-order valence-corrected chi connectivity index (χ4v) is 3.84. The first kappa shape index (κ1) is 17.5. The number of aromatic amines is 1. The number of hydrogen-bond donors (Lipinski definition) is 1. The van der Waals surface area contributed by atoms with Crippen LogP contribution in [0.2, 0.25) is 0 Å². The van der Waals surface area contributed by atoms with Gasteiger partial charge in [-0.2, -0.15) is 5.10 Å². The van der Waals surface area contributed by atoms with Crippen molar-refractivity contribution >= 4 is 5.91 Å². The molecule has 0 aliphatic carbocycles. The summed E-state index contributed by atoms with van der Waals surface area (Å²) >= 11 is 0. The van der Waals surface area contributed by atoms with Crippen LogP contribution in [0.3, 0.4) is 0 Å². The molecule has 2 aromatic heterocycles. The standard InChI is InChI=1S/C20H24N6O/c1-15-4-2-3-5-17(15)18-12-21-24-20(18)16-6-10-26(11-7-16)19(27)8-9-25-13-22-23-14-25/h2-5,12-14,16H,6-11H2,1H3,(H,21,24). The van der Waals surface area contributed by atoms with Crippen molar-refractivity contribution in [1.29, 1.82) is 0 Å². The molecule has 0 atom stereocenters. The highest BCUT2D eigenvalue weighted by molar-refractivity contribution is 5.76. The van der Waals surface area contributed by atoms with Crippen LogP contribution in [0.1, 0.15) is 36.4 Å². The molecule has 27 heavy (non-hydrogen) atoms. The minimum Gasteiger partial charge on any atom is -0.343 e. The molecule has 0 bridgehead atoms. The van der Waals surface area contributed by atoms with Crippen molar-refractivity contribution in [3.05, 3.63) is 54.4 Å². The normalized spacial score (nSPS) is 15.2. The largest absolute Gasteiger partial charge is 0.343 e. The lowest BCUT2D eigenvalue weighted by Crippen LogP contribution is -2.38. The Hall–Kier alpha value is -2.96. The Bertz CT molecular complexity index is 893. The van der Waals surface area contributed by atoms with Crippen molar-refractivity contribution in [3.8, 4) is 11.1 Å². The number of H-pyrrole nitrogens is 1. The number of rotatable bonds is 5. The molecular weight excluding hydrogens is 340 g/mol. The van der Waals surface area contributed by atoms with E-state index in [0.29, 0.717) is 18.9 Å². The van der Waals surface area contributed by atoms with Gasteiger partial charge in [-0.25, -0.2) is 0 Å². The quantitative estimate of drug-likeness (QED) is 0.755. The summed E-state index contributed by atoms with van der Waals surface area (Å²) in [6.07, 6.45) is 7.62. The third-order valence-corrected chi connectivity index (χ3v) is 5.41. The maximum atomic E-state index is 12.5. The second-order valence-electron chi connectivity index (χ2n) is 7.12. The van der Waals surface area contributed by atoms with Crippen molar-refractivity contribution in [3.63, 3.8) is 0 Å². The van der Waals surface area contributed by atoms with Crippen molar-refractivity contribution in [2.45, 2.75) is 38.6 Å². The van der Waals surface area contributed by atoms with E-state index in [-0.39, 0.29) is 5.91 Å². The Kier molecular flexibility index (Phi) is 5.00. The second kappa shape index (κ2) is 7.73. The molecule has 0 unspecified atom stereocenters. The minimum atomic E-state index is 0.200. The third-order valence-electron chi connectivity index (χ3n) is 5.41. The SMILES string of the molecule is Cc1ccccc1-c1cn[nH]c1C1CCN(C(=O)CCn2cnnc2)CC1. The Labute approximate surface area is 158 Å². The highest BCUT2D eigenvalue weighted by Gasteiger charge is 2.26. The Morgan fingerprint density at radius 1 is 1.15 bits per heavy atom. The number of carbonyl (C=O) groups is 1. The molecule has 3 heterocycles. The van der Waals surface area contributed by atoms with Gasteiger partial charge in [-0.3, -0.25) is 9.89 Å². The molecular formula is C20H24N6O. The molecule has 0 saturated carbocycles. The number of aryl methyl sites for hydroxylation is 2. The van der Waals surface area contributed by atoms with Gasteiger partial charge in [0.25, 0.3) is 0 Å². The third kappa shape index (κ3) is 3.77. The van der Waals surface area contributed by atoms with E-state index >= 15 is 0 Å². The monoisotopic (exact) mass is 364 g/mol. The number of carbonyl (C=O) groups excluding carboxylic acids is 1. The molecule has 1 amide bonds. The van der Waals surface area contributed by atoms with E-state index in [1.54, 1.807) is 12.7 Å². The Morgan fingerprint density at radius 2 is 1.89 bits per heavy atom. The summed E-state index contributed by atoms with van der Waals surface area (Å²) in [5.74, 6) is 0.606. The van der Waals surface area contributed by atoms with E-state index in [1.807, 2.05) is 15.7 Å². The number of nitrogens with zero attached hydrogens (tertiary/aromatic N) is 5. The van der Waals surface area contributed by atoms with Gasteiger partial charge in [0, 0.05) is 43.2 Å². The fraction of sp³-hybridized carbons (Fsp3) is 0.400. The number of nitrogens with one attached hydrogen (secondary N) is 1. The summed E-state index contributed by atoms with van der Waals surface area (Å²) in [6, 6.07) is 8.40. The van der Waals surface area contributed by atoms with E-state index in [4.69, 9.17) is 0 Å². The number of aromatic nitrogens is 5. The molecule has 3 aromatic rings. The van der Waals surface area contributed by atoms with Crippen LogP contribution in [-0.2, 0) is 11.3 Å². The topological polar surface area (TPSA) is 79.7 Å². The predicted octanol–water partition coefficient (Wildman–Crippen LogP) is 2.77. The van der Waals surface area contributed by atoms with E-state index < -0.39 is 0 Å². The average Bonchev–Trinajstić information content (AvgIpc) is 3.38. The van der Waals surface area contributed by atoms with Gasteiger partial charge in [0.2, 0.25) is 5.91 Å². The van der Waals surface area contributed by atoms with Gasteiger partial charge in [-0.05, 0) is 30.9 Å². The van der Waals surface area contributed by atoms with Gasteiger partial charge in [-0.15, -0.1) is 10.2 Å². The lowest BCUT2D eigenvalue weighted by Gasteiger charge is -2.32. The maximum absolute atomic E-state index is 12.5. The van der Waals surface area contributed by atoms with Gasteiger partial charge in [0.15, 0.2) is 0 Å². The van der Waals surface area contributed by atoms with Crippen LogP contribution in [0.25, 0.3) is 11.1 Å². The molecule has 1 N–H and O–H groups in total. The highest BCUT2D eigenvalue weighted by Crippen LogP contribution is 2.35. The van der Waals surface area contributed by atoms with Crippen LogP contribution in [0.15, 0.2) is 43.1 Å². The maximum Gasteiger partial charge on any atom is 0.224 e. The van der Waals surface area contributed by atoms with E-state index in [1.165, 1.54) is 22.4 Å². The number of amides is 1. The second-order valence-corrected chi connectivity index (χ2v) is 7.12. The summed E-state index contributed by atoms with van der Waals surface area (Å²) in [7, 11) is 0. The summed E-state index contributed by atoms with van der Waals surface area (Å²) in [5, 5.41) is 15.1. The van der Waals surface area contributed by atoms with Crippen molar-refractivity contribution < 1.29 is 4.79 Å². The summed E-state index contributed by atoms with van der Waals surface area (Å²) in [5.41, 5.74) is 4.86. The van der Waals surface area contributed by atoms with Gasteiger partial charge in [-0.1, -0.05) is 24.3 Å². The first-order valence-electron chi connectivity index (χ1n) is 9.42. The zero-order valence-electron chi connectivity index (χ0n) is 15.5. The van der Waals surface area contributed by atoms with E-state index in [2.05, 4.69) is 51.6 Å². The number of likely N-dealkylation sites (tertiary alicyclic amines) is 1. The molecule has 1 aromatic carbocycles. The van der Waals surface area contributed by atoms with Crippen molar-refractivity contribution in [1.82, 2.24) is 29.9 Å². The molecule has 140 valence electrons. The Morgan fingerprint density at radius 3 is 2.63 bits per heavy atom. The van der Waals surface area contributed by atoms with Gasteiger partial charge >= 0.3 is 0 Å². The lowest BCUT2D eigenvalue weighted by molar-refractivity contribution is -0.132. The molecule has 1 aliphatic heterocycles. The number of hydrogen-bond acceptors (Lipinski definition) is 4. The predicted molar refractivity (Wildman–Crippen MR) is 102 cm³/mol. The Balaban J connectivity index is 1.38. The van der Waals surface area contributed by atoms with Gasteiger partial charge in [0.05, 0.1) is 6.20 Å². The van der Waals surface area contributed by atoms with Crippen molar-refractivity contribution in [2.75, 3.05) is 13.1 Å². The van der Waals surface area contributed by atoms with Gasteiger partial charge < -0.3 is 9.47 Å². The van der Waals surface area contributed by atoms with E-state index in [0.717, 1.165) is 25.9 Å². The molecule has 7 heteroatoms.